The highest BCUT2D eigenvalue weighted by atomic mass is 32.2. The van der Waals surface area contributed by atoms with Gasteiger partial charge in [-0.3, -0.25) is 0 Å². The Balaban J connectivity index is 2.00. The number of aromatic nitrogens is 2. The lowest BCUT2D eigenvalue weighted by molar-refractivity contribution is 0.277. The number of benzene rings is 1. The lowest BCUT2D eigenvalue weighted by Gasteiger charge is -2.31. The van der Waals surface area contributed by atoms with Gasteiger partial charge >= 0.3 is 0 Å². The van der Waals surface area contributed by atoms with Crippen molar-refractivity contribution in [3.63, 3.8) is 0 Å². The molecule has 0 aliphatic carbocycles. The van der Waals surface area contributed by atoms with E-state index in [-0.39, 0.29) is 0 Å². The van der Waals surface area contributed by atoms with E-state index in [1.165, 1.54) is 4.31 Å². The van der Waals surface area contributed by atoms with Gasteiger partial charge in [0.1, 0.15) is 23.4 Å². The van der Waals surface area contributed by atoms with Gasteiger partial charge in [0, 0.05) is 38.6 Å². The molecule has 9 heteroatoms. The zero-order valence-electron chi connectivity index (χ0n) is 16.8. The van der Waals surface area contributed by atoms with E-state index in [0.717, 1.165) is 12.8 Å². The van der Waals surface area contributed by atoms with Crippen molar-refractivity contribution in [2.75, 3.05) is 27.3 Å². The predicted molar refractivity (Wildman–Crippen MR) is 107 cm³/mol. The quantitative estimate of drug-likeness (QED) is 0.758. The number of hydrogen-bond donors (Lipinski definition) is 1. The van der Waals surface area contributed by atoms with Crippen molar-refractivity contribution in [2.24, 2.45) is 13.0 Å². The minimum Gasteiger partial charge on any atom is -0.497 e. The Labute approximate surface area is 166 Å². The van der Waals surface area contributed by atoms with Gasteiger partial charge in [-0.1, -0.05) is 6.92 Å². The zero-order valence-corrected chi connectivity index (χ0v) is 17.6. The van der Waals surface area contributed by atoms with Crippen LogP contribution in [-0.2, 0) is 17.3 Å². The van der Waals surface area contributed by atoms with Crippen LogP contribution in [0.25, 0.3) is 0 Å². The SMILES string of the molecule is COc1cc(OC)cc(C(NS(=O)(=O)N2CCCC(C)C2)c2nccn2C)c1. The van der Waals surface area contributed by atoms with E-state index in [2.05, 4.69) is 16.6 Å². The third-order valence-corrected chi connectivity index (χ3v) is 6.60. The van der Waals surface area contributed by atoms with Crippen molar-refractivity contribution in [1.82, 2.24) is 18.6 Å². The van der Waals surface area contributed by atoms with Crippen molar-refractivity contribution in [1.29, 1.82) is 0 Å². The molecule has 0 spiro atoms. The molecule has 2 unspecified atom stereocenters. The van der Waals surface area contributed by atoms with Gasteiger partial charge in [-0.2, -0.15) is 17.4 Å². The highest BCUT2D eigenvalue weighted by Crippen LogP contribution is 2.30. The first-order valence-corrected chi connectivity index (χ1v) is 10.8. The van der Waals surface area contributed by atoms with Crippen LogP contribution in [0, 0.1) is 5.92 Å². The number of rotatable bonds is 7. The first-order chi connectivity index (χ1) is 13.3. The monoisotopic (exact) mass is 408 g/mol. The minimum atomic E-state index is -3.70. The molecule has 1 aliphatic rings. The van der Waals surface area contributed by atoms with Crippen LogP contribution in [0.4, 0.5) is 0 Å². The topological polar surface area (TPSA) is 85.7 Å². The fraction of sp³-hybridized carbons (Fsp3) is 0.526. The highest BCUT2D eigenvalue weighted by Gasteiger charge is 2.32. The summed E-state index contributed by atoms with van der Waals surface area (Å²) in [7, 11) is 1.27. The number of ether oxygens (including phenoxy) is 2. The average molecular weight is 409 g/mol. The van der Waals surface area contributed by atoms with Crippen LogP contribution in [0.1, 0.15) is 37.2 Å². The van der Waals surface area contributed by atoms with Crippen molar-refractivity contribution in [2.45, 2.75) is 25.8 Å². The summed E-state index contributed by atoms with van der Waals surface area (Å²) >= 11 is 0. The molecule has 0 radical (unpaired) electrons. The number of piperidine rings is 1. The largest absolute Gasteiger partial charge is 0.497 e. The molecule has 1 aromatic heterocycles. The van der Waals surface area contributed by atoms with Crippen LogP contribution in [0.2, 0.25) is 0 Å². The Morgan fingerprint density at radius 2 is 1.89 bits per heavy atom. The normalized spacial score (nSPS) is 19.4. The number of nitrogens with zero attached hydrogens (tertiary/aromatic N) is 3. The van der Waals surface area contributed by atoms with Gasteiger partial charge in [0.05, 0.1) is 14.2 Å². The molecule has 1 saturated heterocycles. The van der Waals surface area contributed by atoms with Crippen LogP contribution < -0.4 is 14.2 Å². The Bertz CT molecular complexity index is 890. The Kier molecular flexibility index (Phi) is 6.26. The molecule has 0 bridgehead atoms. The van der Waals surface area contributed by atoms with E-state index in [0.29, 0.717) is 41.9 Å². The number of imidazole rings is 1. The minimum absolute atomic E-state index is 0.342. The molecule has 28 heavy (non-hydrogen) atoms. The summed E-state index contributed by atoms with van der Waals surface area (Å²) in [4.78, 5) is 4.38. The van der Waals surface area contributed by atoms with Gasteiger partial charge in [-0.05, 0) is 36.5 Å². The van der Waals surface area contributed by atoms with Crippen molar-refractivity contribution in [3.8, 4) is 11.5 Å². The fourth-order valence-corrected chi connectivity index (χ4v) is 5.02. The summed E-state index contributed by atoms with van der Waals surface area (Å²) in [5.41, 5.74) is 0.694. The van der Waals surface area contributed by atoms with E-state index in [1.54, 1.807) is 49.4 Å². The maximum Gasteiger partial charge on any atom is 0.280 e. The van der Waals surface area contributed by atoms with E-state index in [1.807, 2.05) is 7.05 Å². The second kappa shape index (κ2) is 8.50. The van der Waals surface area contributed by atoms with Crippen LogP contribution in [0.3, 0.4) is 0 Å². The standard InChI is InChI=1S/C19H28N4O4S/c1-14-6-5-8-23(13-14)28(24,25)21-18(19-20-7-9-22(19)2)15-10-16(26-3)12-17(11-15)27-4/h7,9-12,14,18,21H,5-6,8,13H2,1-4H3. The summed E-state index contributed by atoms with van der Waals surface area (Å²) in [6.45, 7) is 3.11. The average Bonchev–Trinajstić information content (AvgIpc) is 3.11. The molecule has 2 aromatic rings. The lowest BCUT2D eigenvalue weighted by Crippen LogP contribution is -2.47. The second-order valence-corrected chi connectivity index (χ2v) is 8.91. The van der Waals surface area contributed by atoms with E-state index in [9.17, 15) is 8.42 Å². The zero-order chi connectivity index (χ0) is 20.3. The number of aryl methyl sites for hydroxylation is 1. The van der Waals surface area contributed by atoms with Gasteiger partial charge in [-0.25, -0.2) is 4.98 Å². The van der Waals surface area contributed by atoms with Crippen molar-refractivity contribution >= 4 is 10.2 Å². The van der Waals surface area contributed by atoms with Crippen molar-refractivity contribution in [3.05, 3.63) is 42.0 Å². The lowest BCUT2D eigenvalue weighted by atomic mass is 10.0. The Morgan fingerprint density at radius 1 is 1.21 bits per heavy atom. The summed E-state index contributed by atoms with van der Waals surface area (Å²) in [5.74, 6) is 2.09. The number of methoxy groups -OCH3 is 2. The molecule has 2 atom stereocenters. The maximum absolute atomic E-state index is 13.1. The number of hydrogen-bond acceptors (Lipinski definition) is 5. The molecule has 154 valence electrons. The van der Waals surface area contributed by atoms with Gasteiger partial charge in [0.25, 0.3) is 10.2 Å². The molecular formula is C19H28N4O4S. The third kappa shape index (κ3) is 4.48. The van der Waals surface area contributed by atoms with Crippen molar-refractivity contribution < 1.29 is 17.9 Å². The first-order valence-electron chi connectivity index (χ1n) is 9.31. The van der Waals surface area contributed by atoms with Crippen LogP contribution in [-0.4, -0.2) is 49.6 Å². The molecule has 1 aliphatic heterocycles. The Morgan fingerprint density at radius 3 is 2.43 bits per heavy atom. The van der Waals surface area contributed by atoms with Crippen LogP contribution in [0.5, 0.6) is 11.5 Å². The van der Waals surface area contributed by atoms with Crippen LogP contribution >= 0.6 is 0 Å². The summed E-state index contributed by atoms with van der Waals surface area (Å²) in [6.07, 6.45) is 5.35. The molecule has 8 nitrogen and oxygen atoms in total. The summed E-state index contributed by atoms with van der Waals surface area (Å²) < 4.78 is 43.2. The van der Waals surface area contributed by atoms with E-state index >= 15 is 0 Å². The second-order valence-electron chi connectivity index (χ2n) is 7.20. The van der Waals surface area contributed by atoms with E-state index < -0.39 is 16.3 Å². The first kappa shape index (κ1) is 20.6. The molecule has 2 heterocycles. The molecule has 3 rings (SSSR count). The number of nitrogens with one attached hydrogen (secondary N) is 1. The Hall–Kier alpha value is -2.10. The maximum atomic E-state index is 13.1. The molecular weight excluding hydrogens is 380 g/mol. The highest BCUT2D eigenvalue weighted by molar-refractivity contribution is 7.87. The third-order valence-electron chi connectivity index (χ3n) is 5.05. The molecule has 1 N–H and O–H groups in total. The molecule has 1 fully saturated rings. The van der Waals surface area contributed by atoms with Crippen LogP contribution in [0.15, 0.2) is 30.6 Å². The molecule has 1 aromatic carbocycles. The van der Waals surface area contributed by atoms with Gasteiger partial charge in [0.15, 0.2) is 0 Å². The van der Waals surface area contributed by atoms with E-state index in [4.69, 9.17) is 9.47 Å². The summed E-state index contributed by atoms with van der Waals surface area (Å²) in [6, 6.07) is 4.66. The fourth-order valence-electron chi connectivity index (χ4n) is 3.51. The van der Waals surface area contributed by atoms with Gasteiger partial charge in [0.2, 0.25) is 0 Å². The van der Waals surface area contributed by atoms with Gasteiger partial charge < -0.3 is 14.0 Å². The van der Waals surface area contributed by atoms with Gasteiger partial charge in [-0.15, -0.1) is 0 Å². The summed E-state index contributed by atoms with van der Waals surface area (Å²) in [5, 5.41) is 0. The molecule has 0 saturated carbocycles. The molecule has 0 amide bonds. The predicted octanol–water partition coefficient (Wildman–Crippen LogP) is 2.09. The smallest absolute Gasteiger partial charge is 0.280 e.